The Morgan fingerprint density at radius 2 is 2.00 bits per heavy atom. The van der Waals surface area contributed by atoms with E-state index in [4.69, 9.17) is 5.11 Å². The number of aliphatic carboxylic acids is 1. The van der Waals surface area contributed by atoms with Crippen LogP contribution in [0.25, 0.3) is 0 Å². The third-order valence-electron chi connectivity index (χ3n) is 3.49. The molecule has 2 atom stereocenters. The minimum absolute atomic E-state index is 0.116. The van der Waals surface area contributed by atoms with Crippen LogP contribution >= 0.6 is 11.8 Å². The molecule has 0 unspecified atom stereocenters. The number of thioether (sulfide) groups is 1. The van der Waals surface area contributed by atoms with E-state index in [1.54, 1.807) is 11.8 Å². The minimum atomic E-state index is -1.05. The molecule has 1 aliphatic heterocycles. The Morgan fingerprint density at radius 1 is 1.33 bits per heavy atom. The molecule has 0 spiro atoms. The number of hydrogen-bond acceptors (Lipinski definition) is 4. The molecular formula is C15H19NO4S. The standard InChI is InChI=1S/C15H19NO4S/c1-10-2-4-12(5-3-10)21-7-6-14(18)16-9-11(17)8-13(16)15(19)20/h2-5,11,13,17H,6-9H2,1H3,(H,19,20)/t11-,13-/m0/s1. The molecule has 1 heterocycles. The first-order chi connectivity index (χ1) is 9.97. The van der Waals surface area contributed by atoms with Crippen LogP contribution in [0.4, 0.5) is 0 Å². The lowest BCUT2D eigenvalue weighted by Gasteiger charge is -2.21. The molecule has 0 bridgehead atoms. The maximum Gasteiger partial charge on any atom is 0.326 e. The second-order valence-electron chi connectivity index (χ2n) is 5.20. The normalized spacial score (nSPS) is 21.5. The number of β-amino-alcohol motifs (C(OH)–C–C–N with tert-alkyl or cyclic N) is 1. The molecule has 114 valence electrons. The molecule has 2 N–H and O–H groups in total. The zero-order chi connectivity index (χ0) is 15.4. The number of nitrogens with zero attached hydrogens (tertiary/aromatic N) is 1. The summed E-state index contributed by atoms with van der Waals surface area (Å²) in [6.07, 6.45) is -0.346. The number of carbonyl (C=O) groups excluding carboxylic acids is 1. The molecule has 0 aromatic heterocycles. The van der Waals surface area contributed by atoms with Crippen molar-refractivity contribution >= 4 is 23.6 Å². The summed E-state index contributed by atoms with van der Waals surface area (Å²) in [7, 11) is 0. The van der Waals surface area contributed by atoms with E-state index in [2.05, 4.69) is 0 Å². The Balaban J connectivity index is 1.84. The first-order valence-corrected chi connectivity index (χ1v) is 7.85. The maximum absolute atomic E-state index is 12.1. The second-order valence-corrected chi connectivity index (χ2v) is 6.37. The number of aliphatic hydroxyl groups is 1. The topological polar surface area (TPSA) is 77.8 Å². The molecule has 1 aromatic carbocycles. The van der Waals surface area contributed by atoms with Crippen molar-refractivity contribution in [2.45, 2.75) is 36.8 Å². The lowest BCUT2D eigenvalue weighted by atomic mass is 10.2. The van der Waals surface area contributed by atoms with E-state index in [1.807, 2.05) is 31.2 Å². The largest absolute Gasteiger partial charge is 0.480 e. The van der Waals surface area contributed by atoms with Crippen LogP contribution in [0.5, 0.6) is 0 Å². The maximum atomic E-state index is 12.1. The van der Waals surface area contributed by atoms with Crippen molar-refractivity contribution in [3.8, 4) is 0 Å². The Bertz CT molecular complexity index is 517. The van der Waals surface area contributed by atoms with Crippen LogP contribution in [-0.2, 0) is 9.59 Å². The average Bonchev–Trinajstić information content (AvgIpc) is 2.83. The summed E-state index contributed by atoms with van der Waals surface area (Å²) in [4.78, 5) is 25.5. The van der Waals surface area contributed by atoms with E-state index >= 15 is 0 Å². The van der Waals surface area contributed by atoms with Gasteiger partial charge in [-0.15, -0.1) is 11.8 Å². The predicted molar refractivity (Wildman–Crippen MR) is 80.3 cm³/mol. The van der Waals surface area contributed by atoms with Gasteiger partial charge in [-0.3, -0.25) is 4.79 Å². The molecule has 0 radical (unpaired) electrons. The van der Waals surface area contributed by atoms with Gasteiger partial charge in [-0.2, -0.15) is 0 Å². The third-order valence-corrected chi connectivity index (χ3v) is 4.50. The number of aryl methyl sites for hydroxylation is 1. The highest BCUT2D eigenvalue weighted by Crippen LogP contribution is 2.22. The summed E-state index contributed by atoms with van der Waals surface area (Å²) in [6, 6.07) is 7.15. The monoisotopic (exact) mass is 309 g/mol. The number of likely N-dealkylation sites (tertiary alicyclic amines) is 1. The highest BCUT2D eigenvalue weighted by atomic mass is 32.2. The molecule has 1 saturated heterocycles. The fourth-order valence-corrected chi connectivity index (χ4v) is 3.20. The van der Waals surface area contributed by atoms with Gasteiger partial charge in [-0.25, -0.2) is 4.79 Å². The number of hydrogen-bond donors (Lipinski definition) is 2. The van der Waals surface area contributed by atoms with E-state index in [-0.39, 0.29) is 25.3 Å². The van der Waals surface area contributed by atoms with Crippen molar-refractivity contribution in [3.05, 3.63) is 29.8 Å². The molecule has 2 rings (SSSR count). The van der Waals surface area contributed by atoms with Crippen molar-refractivity contribution in [1.29, 1.82) is 0 Å². The summed E-state index contributed by atoms with van der Waals surface area (Å²) in [5.41, 5.74) is 1.19. The van der Waals surface area contributed by atoms with Gasteiger partial charge in [0.05, 0.1) is 6.10 Å². The van der Waals surface area contributed by atoms with E-state index in [0.717, 1.165) is 4.90 Å². The van der Waals surface area contributed by atoms with Crippen molar-refractivity contribution in [1.82, 2.24) is 4.90 Å². The Labute approximate surface area is 128 Å². The van der Waals surface area contributed by atoms with E-state index in [0.29, 0.717) is 5.75 Å². The molecule has 1 aromatic rings. The summed E-state index contributed by atoms with van der Waals surface area (Å²) >= 11 is 1.57. The van der Waals surface area contributed by atoms with Gasteiger partial charge in [0.2, 0.25) is 5.91 Å². The lowest BCUT2D eigenvalue weighted by Crippen LogP contribution is -2.40. The molecule has 0 aliphatic carbocycles. The first kappa shape index (κ1) is 15.9. The molecular weight excluding hydrogens is 290 g/mol. The van der Waals surface area contributed by atoms with E-state index < -0.39 is 18.1 Å². The average molecular weight is 309 g/mol. The predicted octanol–water partition coefficient (Wildman–Crippen LogP) is 1.52. The smallest absolute Gasteiger partial charge is 0.326 e. The van der Waals surface area contributed by atoms with Crippen LogP contribution in [0.1, 0.15) is 18.4 Å². The summed E-state index contributed by atoms with van der Waals surface area (Å²) in [5, 5.41) is 18.6. The summed E-state index contributed by atoms with van der Waals surface area (Å²) < 4.78 is 0. The number of carboxylic acid groups (broad SMARTS) is 1. The van der Waals surface area contributed by atoms with E-state index in [9.17, 15) is 14.7 Å². The molecule has 1 amide bonds. The number of rotatable bonds is 5. The molecule has 1 aliphatic rings. The van der Waals surface area contributed by atoms with E-state index in [1.165, 1.54) is 10.5 Å². The van der Waals surface area contributed by atoms with Crippen LogP contribution in [0, 0.1) is 6.92 Å². The Morgan fingerprint density at radius 3 is 2.62 bits per heavy atom. The Kier molecular flexibility index (Phi) is 5.25. The van der Waals surface area contributed by atoms with Crippen molar-refractivity contribution in [3.63, 3.8) is 0 Å². The summed E-state index contributed by atoms with van der Waals surface area (Å²) in [5.74, 6) is -0.662. The van der Waals surface area contributed by atoms with Crippen molar-refractivity contribution in [2.75, 3.05) is 12.3 Å². The zero-order valence-electron chi connectivity index (χ0n) is 11.9. The number of aliphatic hydroxyl groups excluding tert-OH is 1. The molecule has 1 fully saturated rings. The lowest BCUT2D eigenvalue weighted by molar-refractivity contribution is -0.148. The van der Waals surface area contributed by atoms with Gasteiger partial charge in [0, 0.05) is 30.0 Å². The number of carboxylic acids is 1. The van der Waals surface area contributed by atoms with Crippen molar-refractivity contribution in [2.24, 2.45) is 0 Å². The first-order valence-electron chi connectivity index (χ1n) is 6.87. The van der Waals surface area contributed by atoms with Gasteiger partial charge in [0.1, 0.15) is 6.04 Å². The Hall–Kier alpha value is -1.53. The van der Waals surface area contributed by atoms with Gasteiger partial charge >= 0.3 is 5.97 Å². The van der Waals surface area contributed by atoms with Gasteiger partial charge < -0.3 is 15.1 Å². The van der Waals surface area contributed by atoms with Crippen molar-refractivity contribution < 1.29 is 19.8 Å². The van der Waals surface area contributed by atoms with Crippen LogP contribution in [0.3, 0.4) is 0 Å². The van der Waals surface area contributed by atoms with Gasteiger partial charge in [0.25, 0.3) is 0 Å². The minimum Gasteiger partial charge on any atom is -0.480 e. The summed E-state index contributed by atoms with van der Waals surface area (Å²) in [6.45, 7) is 2.13. The number of benzene rings is 1. The molecule has 21 heavy (non-hydrogen) atoms. The second kappa shape index (κ2) is 6.95. The highest BCUT2D eigenvalue weighted by Gasteiger charge is 2.38. The van der Waals surface area contributed by atoms with Gasteiger partial charge in [-0.1, -0.05) is 17.7 Å². The fourth-order valence-electron chi connectivity index (χ4n) is 2.36. The number of carbonyl (C=O) groups is 2. The molecule has 5 nitrogen and oxygen atoms in total. The zero-order valence-corrected chi connectivity index (χ0v) is 12.7. The van der Waals surface area contributed by atoms with Gasteiger partial charge in [0.15, 0.2) is 0 Å². The van der Waals surface area contributed by atoms with Crippen LogP contribution < -0.4 is 0 Å². The fraction of sp³-hybridized carbons (Fsp3) is 0.467. The molecule has 6 heteroatoms. The van der Waals surface area contributed by atoms with Crippen LogP contribution in [0.15, 0.2) is 29.2 Å². The van der Waals surface area contributed by atoms with Crippen LogP contribution in [-0.4, -0.2) is 51.4 Å². The van der Waals surface area contributed by atoms with Gasteiger partial charge in [-0.05, 0) is 19.1 Å². The quantitative estimate of drug-likeness (QED) is 0.807. The highest BCUT2D eigenvalue weighted by molar-refractivity contribution is 7.99. The van der Waals surface area contributed by atoms with Crippen LogP contribution in [0.2, 0.25) is 0 Å². The third kappa shape index (κ3) is 4.22. The SMILES string of the molecule is Cc1ccc(SCCC(=O)N2C[C@@H](O)C[C@H]2C(=O)O)cc1. The molecule has 0 saturated carbocycles. The number of amides is 1.